The van der Waals surface area contributed by atoms with Crippen LogP contribution in [-0.2, 0) is 0 Å². The number of hydrogen-bond acceptors (Lipinski definition) is 1. The predicted octanol–water partition coefficient (Wildman–Crippen LogP) is 1.36. The normalized spacial score (nSPS) is 18.0. The van der Waals surface area contributed by atoms with Gasteiger partial charge in [0.05, 0.1) is 6.61 Å². The fourth-order valence-corrected chi connectivity index (χ4v) is 0.436. The molecule has 2 unspecified atom stereocenters. The summed E-state index contributed by atoms with van der Waals surface area (Å²) in [5.74, 6) is -0.000000000000000444. The molecule has 0 aromatic rings. The summed E-state index contributed by atoms with van der Waals surface area (Å²) < 4.78 is 12.3. The molecule has 0 saturated heterocycles. The fourth-order valence-electron chi connectivity index (χ4n) is 0.436. The summed E-state index contributed by atoms with van der Waals surface area (Å²) >= 11 is 0. The summed E-state index contributed by atoms with van der Waals surface area (Å²) in [5, 5.41) is 8.26. The maximum absolute atomic E-state index is 12.3. The minimum atomic E-state index is -1.03. The molecule has 1 nitrogen and oxygen atoms in total. The van der Waals surface area contributed by atoms with Gasteiger partial charge in [0.2, 0.25) is 0 Å². The van der Waals surface area contributed by atoms with Gasteiger partial charge in [-0.2, -0.15) is 0 Å². The number of aliphatic hydroxyl groups is 1. The summed E-state index contributed by atoms with van der Waals surface area (Å²) in [6, 6.07) is 0. The van der Waals surface area contributed by atoms with E-state index in [1.54, 1.807) is 6.92 Å². The Bertz CT molecular complexity index is 48.5. The lowest BCUT2D eigenvalue weighted by atomic mass is 10.0. The molecule has 0 fully saturated rings. The van der Waals surface area contributed by atoms with E-state index in [4.69, 9.17) is 5.11 Å². The molecule has 0 aliphatic carbocycles. The molecule has 0 rings (SSSR count). The average molecular weight is 120 g/mol. The zero-order valence-corrected chi connectivity index (χ0v) is 5.39. The minimum absolute atomic E-state index is 0.000000000000000444. The summed E-state index contributed by atoms with van der Waals surface area (Å²) in [6.07, 6.45) is -0.234. The van der Waals surface area contributed by atoms with Crippen LogP contribution in [0.15, 0.2) is 0 Å². The third-order valence-electron chi connectivity index (χ3n) is 1.44. The average Bonchev–Trinajstić information content (AvgIpc) is 1.84. The van der Waals surface area contributed by atoms with Gasteiger partial charge in [0.25, 0.3) is 0 Å². The second kappa shape index (κ2) is 3.84. The van der Waals surface area contributed by atoms with Gasteiger partial charge < -0.3 is 5.11 Å². The van der Waals surface area contributed by atoms with E-state index in [1.165, 1.54) is 0 Å². The molecule has 0 heterocycles. The summed E-state index contributed by atoms with van der Waals surface area (Å²) in [7, 11) is 0. The molecular weight excluding hydrogens is 107 g/mol. The Morgan fingerprint density at radius 1 is 1.62 bits per heavy atom. The van der Waals surface area contributed by atoms with Gasteiger partial charge in [-0.25, -0.2) is 4.39 Å². The summed E-state index contributed by atoms with van der Waals surface area (Å²) in [4.78, 5) is 0. The molecule has 0 spiro atoms. The maximum Gasteiger partial charge on any atom is 0.126 e. The van der Waals surface area contributed by atoms with Crippen LogP contribution in [0, 0.1) is 5.92 Å². The van der Waals surface area contributed by atoms with Gasteiger partial charge >= 0.3 is 0 Å². The van der Waals surface area contributed by atoms with Crippen LogP contribution in [0.3, 0.4) is 0 Å². The Labute approximate surface area is 49.5 Å². The Morgan fingerprint density at radius 2 is 2.12 bits per heavy atom. The SMILES string of the molecule is CCC(C)C(F)CO. The molecule has 0 bridgehead atoms. The first-order chi connectivity index (χ1) is 3.72. The van der Waals surface area contributed by atoms with Crippen LogP contribution in [0.5, 0.6) is 0 Å². The standard InChI is InChI=1S/C6H13FO/c1-3-5(2)6(7)4-8/h5-6,8H,3-4H2,1-2H3. The smallest absolute Gasteiger partial charge is 0.126 e. The van der Waals surface area contributed by atoms with E-state index in [0.29, 0.717) is 0 Å². The molecule has 50 valence electrons. The topological polar surface area (TPSA) is 20.2 Å². The number of rotatable bonds is 3. The van der Waals surface area contributed by atoms with Gasteiger partial charge in [0.15, 0.2) is 0 Å². The zero-order chi connectivity index (χ0) is 6.57. The molecule has 0 aromatic carbocycles. The van der Waals surface area contributed by atoms with E-state index in [-0.39, 0.29) is 12.5 Å². The van der Waals surface area contributed by atoms with Crippen molar-refractivity contribution < 1.29 is 9.50 Å². The van der Waals surface area contributed by atoms with Crippen LogP contribution in [0.1, 0.15) is 20.3 Å². The molecule has 0 saturated carbocycles. The number of halogens is 1. The van der Waals surface area contributed by atoms with Gasteiger partial charge in [-0.1, -0.05) is 20.3 Å². The van der Waals surface area contributed by atoms with E-state index in [2.05, 4.69) is 0 Å². The van der Waals surface area contributed by atoms with Crippen LogP contribution >= 0.6 is 0 Å². The summed E-state index contributed by atoms with van der Waals surface area (Å²) in [6.45, 7) is 3.36. The van der Waals surface area contributed by atoms with Crippen molar-refractivity contribution in [3.63, 3.8) is 0 Å². The first-order valence-electron chi connectivity index (χ1n) is 2.97. The second-order valence-corrected chi connectivity index (χ2v) is 2.08. The van der Waals surface area contributed by atoms with Crippen LogP contribution in [0.25, 0.3) is 0 Å². The fraction of sp³-hybridized carbons (Fsp3) is 1.00. The monoisotopic (exact) mass is 120 g/mol. The molecule has 0 aromatic heterocycles. The molecular formula is C6H13FO. The number of aliphatic hydroxyl groups excluding tert-OH is 1. The van der Waals surface area contributed by atoms with Gasteiger partial charge in [0, 0.05) is 0 Å². The van der Waals surface area contributed by atoms with Gasteiger partial charge in [-0.3, -0.25) is 0 Å². The Morgan fingerprint density at radius 3 is 2.25 bits per heavy atom. The Hall–Kier alpha value is -0.110. The molecule has 0 amide bonds. The van der Waals surface area contributed by atoms with Gasteiger partial charge in [-0.05, 0) is 5.92 Å². The lowest BCUT2D eigenvalue weighted by Gasteiger charge is -2.10. The van der Waals surface area contributed by atoms with Crippen LogP contribution < -0.4 is 0 Å². The Balaban J connectivity index is 3.29. The third-order valence-corrected chi connectivity index (χ3v) is 1.44. The highest BCUT2D eigenvalue weighted by molar-refractivity contribution is 4.60. The third kappa shape index (κ3) is 2.26. The lowest BCUT2D eigenvalue weighted by molar-refractivity contribution is 0.131. The highest BCUT2D eigenvalue weighted by atomic mass is 19.1. The first-order valence-corrected chi connectivity index (χ1v) is 2.97. The van der Waals surface area contributed by atoms with Crippen molar-refractivity contribution in [2.75, 3.05) is 6.61 Å². The Kier molecular flexibility index (Phi) is 3.79. The van der Waals surface area contributed by atoms with E-state index >= 15 is 0 Å². The zero-order valence-electron chi connectivity index (χ0n) is 5.39. The number of hydrogen-bond donors (Lipinski definition) is 1. The van der Waals surface area contributed by atoms with E-state index in [0.717, 1.165) is 6.42 Å². The van der Waals surface area contributed by atoms with Crippen molar-refractivity contribution in [3.05, 3.63) is 0 Å². The van der Waals surface area contributed by atoms with Gasteiger partial charge in [0.1, 0.15) is 6.17 Å². The maximum atomic E-state index is 12.3. The summed E-state index contributed by atoms with van der Waals surface area (Å²) in [5.41, 5.74) is 0. The highest BCUT2D eigenvalue weighted by Crippen LogP contribution is 2.09. The van der Waals surface area contributed by atoms with Crippen molar-refractivity contribution in [2.24, 2.45) is 5.92 Å². The van der Waals surface area contributed by atoms with Crippen molar-refractivity contribution >= 4 is 0 Å². The van der Waals surface area contributed by atoms with Crippen LogP contribution in [0.2, 0.25) is 0 Å². The van der Waals surface area contributed by atoms with Crippen molar-refractivity contribution in [3.8, 4) is 0 Å². The molecule has 2 heteroatoms. The van der Waals surface area contributed by atoms with Crippen molar-refractivity contribution in [2.45, 2.75) is 26.4 Å². The predicted molar refractivity (Wildman–Crippen MR) is 31.4 cm³/mol. The lowest BCUT2D eigenvalue weighted by Crippen LogP contribution is -2.15. The molecule has 0 aliphatic rings. The largest absolute Gasteiger partial charge is 0.393 e. The molecule has 2 atom stereocenters. The molecule has 8 heavy (non-hydrogen) atoms. The van der Waals surface area contributed by atoms with Crippen LogP contribution in [-0.4, -0.2) is 17.9 Å². The van der Waals surface area contributed by atoms with Gasteiger partial charge in [-0.15, -0.1) is 0 Å². The molecule has 0 radical (unpaired) electrons. The van der Waals surface area contributed by atoms with Crippen molar-refractivity contribution in [1.29, 1.82) is 0 Å². The number of alkyl halides is 1. The van der Waals surface area contributed by atoms with E-state index in [1.807, 2.05) is 6.92 Å². The molecule has 1 N–H and O–H groups in total. The quantitative estimate of drug-likeness (QED) is 0.596. The minimum Gasteiger partial charge on any atom is -0.393 e. The highest BCUT2D eigenvalue weighted by Gasteiger charge is 2.11. The van der Waals surface area contributed by atoms with Crippen LogP contribution in [0.4, 0.5) is 4.39 Å². The first kappa shape index (κ1) is 7.89. The second-order valence-electron chi connectivity index (χ2n) is 2.08. The molecule has 0 aliphatic heterocycles. The van der Waals surface area contributed by atoms with E-state index < -0.39 is 6.17 Å². The van der Waals surface area contributed by atoms with Crippen molar-refractivity contribution in [1.82, 2.24) is 0 Å². The van der Waals surface area contributed by atoms with E-state index in [9.17, 15) is 4.39 Å².